The van der Waals surface area contributed by atoms with Gasteiger partial charge in [-0.25, -0.2) is 4.98 Å². The van der Waals surface area contributed by atoms with E-state index in [9.17, 15) is 22.8 Å². The zero-order valence-corrected chi connectivity index (χ0v) is 23.8. The molecule has 2 aromatic carbocycles. The van der Waals surface area contributed by atoms with Gasteiger partial charge < -0.3 is 19.1 Å². The van der Waals surface area contributed by atoms with Crippen molar-refractivity contribution in [3.63, 3.8) is 0 Å². The number of aromatic nitrogens is 4. The maximum absolute atomic E-state index is 13.0. The molecule has 5 rings (SSSR count). The van der Waals surface area contributed by atoms with Crippen molar-refractivity contribution in [2.45, 2.75) is 6.36 Å². The normalized spacial score (nSPS) is 13.8. The Morgan fingerprint density at radius 1 is 0.909 bits per heavy atom. The van der Waals surface area contributed by atoms with Crippen molar-refractivity contribution in [3.05, 3.63) is 72.1 Å². The van der Waals surface area contributed by atoms with Crippen LogP contribution in [0, 0.1) is 0 Å². The van der Waals surface area contributed by atoms with Gasteiger partial charge in [0, 0.05) is 64.2 Å². The van der Waals surface area contributed by atoms with Crippen molar-refractivity contribution in [1.29, 1.82) is 0 Å². The molecule has 0 bridgehead atoms. The van der Waals surface area contributed by atoms with E-state index in [2.05, 4.69) is 29.8 Å². The van der Waals surface area contributed by atoms with Crippen LogP contribution in [0.25, 0.3) is 11.0 Å². The average molecular weight is 612 g/mol. The van der Waals surface area contributed by atoms with Crippen molar-refractivity contribution < 1.29 is 37.0 Å². The molecule has 230 valence electrons. The van der Waals surface area contributed by atoms with E-state index in [1.54, 1.807) is 42.3 Å². The van der Waals surface area contributed by atoms with Gasteiger partial charge in [-0.1, -0.05) is 0 Å². The summed E-state index contributed by atoms with van der Waals surface area (Å²) in [6.07, 6.45) is -3.34. The predicted octanol–water partition coefficient (Wildman–Crippen LogP) is 3.79. The number of hydrogen-bond donors (Lipinski definition) is 0. The van der Waals surface area contributed by atoms with Crippen LogP contribution in [0.15, 0.2) is 60.8 Å². The topological polar surface area (TPSA) is 123 Å². The molecule has 4 aromatic rings. The molecule has 0 unspecified atom stereocenters. The molecule has 1 fully saturated rings. The molecule has 0 radical (unpaired) electrons. The molecule has 15 heteroatoms. The Balaban J connectivity index is 1.22. The van der Waals surface area contributed by atoms with E-state index in [0.717, 1.165) is 36.7 Å². The number of amides is 2. The lowest BCUT2D eigenvalue weighted by molar-refractivity contribution is -0.274. The molecule has 0 saturated carbocycles. The second kappa shape index (κ2) is 13.2. The van der Waals surface area contributed by atoms with Crippen LogP contribution in [0.5, 0.6) is 17.2 Å². The standard InChI is InChI=1S/C29H28F3N7O5/c1-37(11-12-39-13-15-42-16-14-39)27(41)25-18-22(9-10-33-25)43-21-7-8-23-24(17-21)35-36-28(34-23)38(2)26(40)19-3-5-20(6-4-19)44-29(30,31)32/h3-10,17-18H,11-16H2,1-2H3. The summed E-state index contributed by atoms with van der Waals surface area (Å²) in [5, 5.41) is 8.17. The Kier molecular flexibility index (Phi) is 9.15. The summed E-state index contributed by atoms with van der Waals surface area (Å²) in [5.41, 5.74) is 1.15. The highest BCUT2D eigenvalue weighted by Crippen LogP contribution is 2.26. The van der Waals surface area contributed by atoms with Crippen molar-refractivity contribution in [1.82, 2.24) is 30.0 Å². The largest absolute Gasteiger partial charge is 0.573 e. The molecule has 2 aromatic heterocycles. The summed E-state index contributed by atoms with van der Waals surface area (Å²) in [6, 6.07) is 12.6. The van der Waals surface area contributed by atoms with E-state index in [4.69, 9.17) is 9.47 Å². The van der Waals surface area contributed by atoms with Crippen LogP contribution in [0.1, 0.15) is 20.8 Å². The van der Waals surface area contributed by atoms with Gasteiger partial charge in [0.15, 0.2) is 0 Å². The Hall–Kier alpha value is -4.89. The summed E-state index contributed by atoms with van der Waals surface area (Å²) < 4.78 is 52.4. The first kappa shape index (κ1) is 30.6. The van der Waals surface area contributed by atoms with Gasteiger partial charge in [0.25, 0.3) is 17.8 Å². The molecule has 0 aliphatic carbocycles. The maximum atomic E-state index is 13.0. The summed E-state index contributed by atoms with van der Waals surface area (Å²) in [5.74, 6) is -0.425. The van der Waals surface area contributed by atoms with Gasteiger partial charge in [-0.15, -0.1) is 23.4 Å². The predicted molar refractivity (Wildman–Crippen MR) is 152 cm³/mol. The number of nitrogens with zero attached hydrogens (tertiary/aromatic N) is 7. The quantitative estimate of drug-likeness (QED) is 0.276. The SMILES string of the molecule is CN(CCN1CCOCC1)C(=O)c1cc(Oc2ccc3nc(N(C)C(=O)c4ccc(OC(F)(F)F)cc4)nnc3c2)ccn1. The number of rotatable bonds is 9. The van der Waals surface area contributed by atoms with Crippen LogP contribution >= 0.6 is 0 Å². The number of halogens is 3. The van der Waals surface area contributed by atoms with Crippen LogP contribution in [-0.2, 0) is 4.74 Å². The number of ether oxygens (including phenoxy) is 3. The zero-order valence-electron chi connectivity index (χ0n) is 23.8. The number of likely N-dealkylation sites (N-methyl/N-ethyl adjacent to an activating group) is 1. The number of carbonyl (C=O) groups excluding carboxylic acids is 2. The summed E-state index contributed by atoms with van der Waals surface area (Å²) in [4.78, 5) is 39.4. The van der Waals surface area contributed by atoms with Gasteiger partial charge >= 0.3 is 6.36 Å². The van der Waals surface area contributed by atoms with Crippen LogP contribution in [-0.4, -0.2) is 102 Å². The highest BCUT2D eigenvalue weighted by molar-refractivity contribution is 6.05. The van der Waals surface area contributed by atoms with E-state index in [1.807, 2.05) is 0 Å². The smallest absolute Gasteiger partial charge is 0.457 e. The Morgan fingerprint density at radius 3 is 2.34 bits per heavy atom. The molecule has 3 heterocycles. The zero-order chi connectivity index (χ0) is 31.3. The van der Waals surface area contributed by atoms with Crippen LogP contribution in [0.2, 0.25) is 0 Å². The highest BCUT2D eigenvalue weighted by Gasteiger charge is 2.31. The third kappa shape index (κ3) is 7.73. The molecular formula is C29H28F3N7O5. The summed E-state index contributed by atoms with van der Waals surface area (Å²) in [7, 11) is 3.15. The number of morpholine rings is 1. The Morgan fingerprint density at radius 2 is 1.61 bits per heavy atom. The lowest BCUT2D eigenvalue weighted by Gasteiger charge is -2.28. The first-order valence-corrected chi connectivity index (χ1v) is 13.5. The number of benzene rings is 2. The second-order valence-electron chi connectivity index (χ2n) is 9.86. The molecular weight excluding hydrogens is 583 g/mol. The van der Waals surface area contributed by atoms with E-state index >= 15 is 0 Å². The van der Waals surface area contributed by atoms with Crippen molar-refractivity contribution >= 4 is 28.8 Å². The fourth-order valence-corrected chi connectivity index (χ4v) is 4.34. The Bertz CT molecular complexity index is 1630. The number of hydrogen-bond acceptors (Lipinski definition) is 10. The maximum Gasteiger partial charge on any atom is 0.573 e. The van der Waals surface area contributed by atoms with E-state index in [-0.39, 0.29) is 23.1 Å². The minimum atomic E-state index is -4.83. The van der Waals surface area contributed by atoms with Crippen LogP contribution in [0.3, 0.4) is 0 Å². The molecule has 1 saturated heterocycles. The number of carbonyl (C=O) groups is 2. The highest BCUT2D eigenvalue weighted by atomic mass is 19.4. The molecule has 0 atom stereocenters. The van der Waals surface area contributed by atoms with Gasteiger partial charge in [0.05, 0.1) is 18.7 Å². The first-order chi connectivity index (χ1) is 21.1. The summed E-state index contributed by atoms with van der Waals surface area (Å²) >= 11 is 0. The summed E-state index contributed by atoms with van der Waals surface area (Å²) in [6.45, 7) is 4.36. The molecule has 0 spiro atoms. The average Bonchev–Trinajstić information content (AvgIpc) is 3.02. The van der Waals surface area contributed by atoms with Crippen molar-refractivity contribution in [3.8, 4) is 17.2 Å². The number of anilines is 1. The molecule has 1 aliphatic heterocycles. The van der Waals surface area contributed by atoms with Crippen LogP contribution in [0.4, 0.5) is 19.1 Å². The lowest BCUT2D eigenvalue weighted by atomic mass is 10.2. The van der Waals surface area contributed by atoms with Gasteiger partial charge in [0.1, 0.15) is 28.5 Å². The van der Waals surface area contributed by atoms with Crippen molar-refractivity contribution in [2.75, 3.05) is 58.4 Å². The molecule has 44 heavy (non-hydrogen) atoms. The molecule has 0 N–H and O–H groups in total. The van der Waals surface area contributed by atoms with E-state index in [1.165, 1.54) is 25.4 Å². The third-order valence-electron chi connectivity index (χ3n) is 6.74. The van der Waals surface area contributed by atoms with Gasteiger partial charge in [0.2, 0.25) is 0 Å². The minimum Gasteiger partial charge on any atom is -0.457 e. The van der Waals surface area contributed by atoms with E-state index < -0.39 is 18.0 Å². The van der Waals surface area contributed by atoms with Crippen molar-refractivity contribution in [2.24, 2.45) is 0 Å². The Labute approximate surface area is 250 Å². The lowest BCUT2D eigenvalue weighted by Crippen LogP contribution is -2.42. The first-order valence-electron chi connectivity index (χ1n) is 13.5. The number of pyridine rings is 1. The monoisotopic (exact) mass is 611 g/mol. The molecule has 1 aliphatic rings. The molecule has 12 nitrogen and oxygen atoms in total. The minimum absolute atomic E-state index is 0.0122. The van der Waals surface area contributed by atoms with Gasteiger partial charge in [-0.3, -0.25) is 24.4 Å². The van der Waals surface area contributed by atoms with Gasteiger partial charge in [-0.2, -0.15) is 0 Å². The van der Waals surface area contributed by atoms with E-state index in [0.29, 0.717) is 42.3 Å². The second-order valence-corrected chi connectivity index (χ2v) is 9.86. The van der Waals surface area contributed by atoms with Crippen LogP contribution < -0.4 is 14.4 Å². The molecule has 2 amide bonds. The fourth-order valence-electron chi connectivity index (χ4n) is 4.34. The number of alkyl halides is 3. The number of fused-ring (bicyclic) bond motifs is 1. The van der Waals surface area contributed by atoms with Gasteiger partial charge in [-0.05, 0) is 42.5 Å². The fraction of sp³-hybridized carbons (Fsp3) is 0.310. The third-order valence-corrected chi connectivity index (χ3v) is 6.74.